The lowest BCUT2D eigenvalue weighted by Gasteiger charge is -2.31. The summed E-state index contributed by atoms with van der Waals surface area (Å²) in [6.07, 6.45) is 9.37. The van der Waals surface area contributed by atoms with Crippen LogP contribution in [0.5, 0.6) is 5.75 Å². The van der Waals surface area contributed by atoms with Crippen molar-refractivity contribution in [2.75, 3.05) is 6.61 Å². The molecule has 1 amide bonds. The number of carbonyl (C=O) groups excluding carboxylic acids is 1. The van der Waals surface area contributed by atoms with Gasteiger partial charge in [-0.2, -0.15) is 0 Å². The number of nitrogens with zero attached hydrogens (tertiary/aromatic N) is 1. The van der Waals surface area contributed by atoms with Crippen molar-refractivity contribution in [1.29, 1.82) is 0 Å². The molecule has 126 valence electrons. The Labute approximate surface area is 140 Å². The summed E-state index contributed by atoms with van der Waals surface area (Å²) in [5, 5.41) is 0. The summed E-state index contributed by atoms with van der Waals surface area (Å²) in [7, 11) is 0. The minimum Gasteiger partial charge on any atom is -0.494 e. The molecule has 0 heterocycles. The fourth-order valence-corrected chi connectivity index (χ4v) is 3.19. The van der Waals surface area contributed by atoms with Crippen LogP contribution in [0.2, 0.25) is 0 Å². The minimum absolute atomic E-state index is 0.123. The molecule has 1 aromatic carbocycles. The van der Waals surface area contributed by atoms with E-state index in [2.05, 4.69) is 20.8 Å². The van der Waals surface area contributed by atoms with Crippen LogP contribution in [0.1, 0.15) is 58.4 Å². The number of ether oxygens (including phenoxy) is 1. The predicted octanol–water partition coefficient (Wildman–Crippen LogP) is 4.67. The fraction of sp³-hybridized carbons (Fsp3) is 0.550. The van der Waals surface area contributed by atoms with Crippen LogP contribution in [0.3, 0.4) is 0 Å². The number of carbonyl (C=O) groups is 1. The molecule has 0 radical (unpaired) electrons. The molecule has 1 saturated carbocycles. The van der Waals surface area contributed by atoms with Crippen molar-refractivity contribution in [3.8, 4) is 5.75 Å². The molecule has 0 N–H and O–H groups in total. The molecule has 0 aliphatic heterocycles. The van der Waals surface area contributed by atoms with Gasteiger partial charge in [-0.3, -0.25) is 4.79 Å². The number of amides is 1. The van der Waals surface area contributed by atoms with E-state index in [9.17, 15) is 4.79 Å². The molecule has 2 rings (SSSR count). The molecule has 1 aromatic rings. The Morgan fingerprint density at radius 3 is 2.48 bits per heavy atom. The van der Waals surface area contributed by atoms with Gasteiger partial charge in [0.05, 0.1) is 6.61 Å². The normalized spacial score (nSPS) is 15.5. The van der Waals surface area contributed by atoms with E-state index in [1.807, 2.05) is 35.2 Å². The lowest BCUT2D eigenvalue weighted by Crippen LogP contribution is -2.42. The average Bonchev–Trinajstić information content (AvgIpc) is 3.05. The van der Waals surface area contributed by atoms with Crippen LogP contribution < -0.4 is 4.74 Å². The lowest BCUT2D eigenvalue weighted by atomic mass is 10.1. The van der Waals surface area contributed by atoms with Crippen molar-refractivity contribution >= 4 is 12.0 Å². The topological polar surface area (TPSA) is 29.5 Å². The van der Waals surface area contributed by atoms with Crippen LogP contribution in [-0.4, -0.2) is 29.5 Å². The molecule has 3 nitrogen and oxygen atoms in total. The summed E-state index contributed by atoms with van der Waals surface area (Å²) >= 11 is 0. The Bertz CT molecular complexity index is 513. The maximum absolute atomic E-state index is 12.6. The highest BCUT2D eigenvalue weighted by Gasteiger charge is 2.27. The third kappa shape index (κ3) is 5.12. The SMILES string of the molecule is CCCOc1ccc(/C=C/C(=O)N(C(C)C)C2CCCC2)cc1. The molecule has 1 aliphatic carbocycles. The number of rotatable bonds is 7. The van der Waals surface area contributed by atoms with Crippen LogP contribution in [0.15, 0.2) is 30.3 Å². The summed E-state index contributed by atoms with van der Waals surface area (Å²) in [5.41, 5.74) is 1.03. The second kappa shape index (κ2) is 8.76. The molecule has 23 heavy (non-hydrogen) atoms. The smallest absolute Gasteiger partial charge is 0.247 e. The van der Waals surface area contributed by atoms with Gasteiger partial charge in [0, 0.05) is 18.2 Å². The van der Waals surface area contributed by atoms with Crippen LogP contribution >= 0.6 is 0 Å². The summed E-state index contributed by atoms with van der Waals surface area (Å²) < 4.78 is 5.57. The molecule has 0 spiro atoms. The van der Waals surface area contributed by atoms with Gasteiger partial charge in [0.1, 0.15) is 5.75 Å². The van der Waals surface area contributed by atoms with E-state index in [0.29, 0.717) is 6.04 Å². The molecular formula is C20H29NO2. The van der Waals surface area contributed by atoms with E-state index < -0.39 is 0 Å². The van der Waals surface area contributed by atoms with Gasteiger partial charge in [-0.15, -0.1) is 0 Å². The van der Waals surface area contributed by atoms with Crippen LogP contribution in [-0.2, 0) is 4.79 Å². The highest BCUT2D eigenvalue weighted by Crippen LogP contribution is 2.25. The summed E-state index contributed by atoms with van der Waals surface area (Å²) in [5.74, 6) is 1.00. The Morgan fingerprint density at radius 2 is 1.91 bits per heavy atom. The maximum atomic E-state index is 12.6. The first-order valence-electron chi connectivity index (χ1n) is 8.85. The zero-order chi connectivity index (χ0) is 16.7. The first-order chi connectivity index (χ1) is 11.1. The zero-order valence-electron chi connectivity index (χ0n) is 14.6. The minimum atomic E-state index is 0.123. The van der Waals surface area contributed by atoms with E-state index in [1.54, 1.807) is 6.08 Å². The predicted molar refractivity (Wildman–Crippen MR) is 95.5 cm³/mol. The van der Waals surface area contributed by atoms with Crippen molar-refractivity contribution in [2.24, 2.45) is 0 Å². The summed E-state index contributed by atoms with van der Waals surface area (Å²) in [4.78, 5) is 14.6. The second-order valence-electron chi connectivity index (χ2n) is 6.53. The monoisotopic (exact) mass is 315 g/mol. The van der Waals surface area contributed by atoms with Gasteiger partial charge < -0.3 is 9.64 Å². The van der Waals surface area contributed by atoms with Gasteiger partial charge >= 0.3 is 0 Å². The molecule has 0 atom stereocenters. The molecule has 1 fully saturated rings. The quantitative estimate of drug-likeness (QED) is 0.684. The van der Waals surface area contributed by atoms with Crippen LogP contribution in [0.25, 0.3) is 6.08 Å². The lowest BCUT2D eigenvalue weighted by molar-refractivity contribution is -0.130. The Morgan fingerprint density at radius 1 is 1.26 bits per heavy atom. The number of hydrogen-bond acceptors (Lipinski definition) is 2. The highest BCUT2D eigenvalue weighted by atomic mass is 16.5. The molecular weight excluding hydrogens is 286 g/mol. The third-order valence-corrected chi connectivity index (χ3v) is 4.30. The largest absolute Gasteiger partial charge is 0.494 e. The molecule has 1 aliphatic rings. The van der Waals surface area contributed by atoms with Crippen LogP contribution in [0.4, 0.5) is 0 Å². The number of hydrogen-bond donors (Lipinski definition) is 0. The van der Waals surface area contributed by atoms with Gasteiger partial charge in [-0.1, -0.05) is 31.9 Å². The van der Waals surface area contributed by atoms with Crippen molar-refractivity contribution in [3.63, 3.8) is 0 Å². The zero-order valence-corrected chi connectivity index (χ0v) is 14.6. The molecule has 3 heteroatoms. The first-order valence-corrected chi connectivity index (χ1v) is 8.85. The fourth-order valence-electron chi connectivity index (χ4n) is 3.19. The molecule has 0 aromatic heterocycles. The maximum Gasteiger partial charge on any atom is 0.247 e. The Hall–Kier alpha value is -1.77. The van der Waals surface area contributed by atoms with Gasteiger partial charge in [-0.05, 0) is 56.9 Å². The summed E-state index contributed by atoms with van der Waals surface area (Å²) in [6.45, 7) is 7.03. The standard InChI is InChI=1S/C20H29NO2/c1-4-15-23-19-12-9-17(10-13-19)11-14-20(22)21(16(2)3)18-7-5-6-8-18/h9-14,16,18H,4-8,15H2,1-3H3/b14-11+. The molecule has 0 unspecified atom stereocenters. The van der Waals surface area contributed by atoms with Gasteiger partial charge in [0.2, 0.25) is 5.91 Å². The summed E-state index contributed by atoms with van der Waals surface area (Å²) in [6, 6.07) is 8.55. The van der Waals surface area contributed by atoms with E-state index in [0.717, 1.165) is 37.2 Å². The second-order valence-corrected chi connectivity index (χ2v) is 6.53. The van der Waals surface area contributed by atoms with Crippen LogP contribution in [0, 0.1) is 0 Å². The Kier molecular flexibility index (Phi) is 6.69. The average molecular weight is 315 g/mol. The van der Waals surface area contributed by atoms with E-state index in [4.69, 9.17) is 4.74 Å². The van der Waals surface area contributed by atoms with Crippen molar-refractivity contribution in [2.45, 2.75) is 65.0 Å². The highest BCUT2D eigenvalue weighted by molar-refractivity contribution is 5.92. The van der Waals surface area contributed by atoms with Crippen molar-refractivity contribution in [1.82, 2.24) is 4.90 Å². The van der Waals surface area contributed by atoms with Gasteiger partial charge in [0.25, 0.3) is 0 Å². The molecule has 0 saturated heterocycles. The van der Waals surface area contributed by atoms with Gasteiger partial charge in [0.15, 0.2) is 0 Å². The van der Waals surface area contributed by atoms with Gasteiger partial charge in [-0.25, -0.2) is 0 Å². The third-order valence-electron chi connectivity index (χ3n) is 4.30. The van der Waals surface area contributed by atoms with Crippen molar-refractivity contribution < 1.29 is 9.53 Å². The van der Waals surface area contributed by atoms with E-state index in [-0.39, 0.29) is 11.9 Å². The van der Waals surface area contributed by atoms with E-state index >= 15 is 0 Å². The first kappa shape index (κ1) is 17.6. The van der Waals surface area contributed by atoms with Crippen molar-refractivity contribution in [3.05, 3.63) is 35.9 Å². The Balaban J connectivity index is 1.98. The number of benzene rings is 1. The molecule has 0 bridgehead atoms. The van der Waals surface area contributed by atoms with E-state index in [1.165, 1.54) is 12.8 Å².